The van der Waals surface area contributed by atoms with Crippen LogP contribution in [0.2, 0.25) is 0 Å². The summed E-state index contributed by atoms with van der Waals surface area (Å²) in [7, 11) is 0. The van der Waals surface area contributed by atoms with E-state index in [2.05, 4.69) is 15.8 Å². The second-order valence-electron chi connectivity index (χ2n) is 5.78. The molecule has 5 heteroatoms. The summed E-state index contributed by atoms with van der Waals surface area (Å²) in [5.41, 5.74) is 4.07. The summed E-state index contributed by atoms with van der Waals surface area (Å²) in [5.74, 6) is -0.506. The molecule has 0 atom stereocenters. The van der Waals surface area contributed by atoms with Crippen molar-refractivity contribution in [3.05, 3.63) is 78.4 Å². The Labute approximate surface area is 151 Å². The average Bonchev–Trinajstić information content (AvgIpc) is 2.67. The van der Waals surface area contributed by atoms with Crippen LogP contribution in [0.3, 0.4) is 0 Å². The first-order chi connectivity index (χ1) is 12.7. The third kappa shape index (κ3) is 4.77. The van der Waals surface area contributed by atoms with Crippen molar-refractivity contribution in [3.63, 3.8) is 0 Å². The maximum absolute atomic E-state index is 12.1. The first-order valence-corrected chi connectivity index (χ1v) is 8.37. The molecule has 0 unspecified atom stereocenters. The van der Waals surface area contributed by atoms with E-state index in [0.29, 0.717) is 0 Å². The van der Waals surface area contributed by atoms with E-state index in [4.69, 9.17) is 0 Å². The second-order valence-corrected chi connectivity index (χ2v) is 5.78. The van der Waals surface area contributed by atoms with Crippen LogP contribution >= 0.6 is 0 Å². The minimum atomic E-state index is -0.301. The standard InChI is InChI=1S/C21H19N3O2/c25-20(23-19-12-6-10-17-9-4-5-11-18(17)19)13-14-21(26)24-22-15-16-7-2-1-3-8-16/h1-12,15H,13-14H2,(H,23,25)(H,24,26). The summed E-state index contributed by atoms with van der Waals surface area (Å²) < 4.78 is 0. The zero-order valence-corrected chi connectivity index (χ0v) is 14.2. The molecule has 26 heavy (non-hydrogen) atoms. The van der Waals surface area contributed by atoms with E-state index in [1.807, 2.05) is 72.8 Å². The third-order valence-electron chi connectivity index (χ3n) is 3.85. The SMILES string of the molecule is O=C(CCC(=O)Nc1cccc2ccccc12)NN=Cc1ccccc1. The van der Waals surface area contributed by atoms with E-state index in [-0.39, 0.29) is 24.7 Å². The van der Waals surface area contributed by atoms with Gasteiger partial charge in [0.1, 0.15) is 0 Å². The predicted molar refractivity (Wildman–Crippen MR) is 104 cm³/mol. The highest BCUT2D eigenvalue weighted by Crippen LogP contribution is 2.23. The molecule has 0 saturated carbocycles. The highest BCUT2D eigenvalue weighted by Gasteiger charge is 2.08. The first-order valence-electron chi connectivity index (χ1n) is 8.37. The van der Waals surface area contributed by atoms with Crippen molar-refractivity contribution >= 4 is 34.5 Å². The van der Waals surface area contributed by atoms with Crippen LogP contribution in [0, 0.1) is 0 Å². The van der Waals surface area contributed by atoms with Gasteiger partial charge >= 0.3 is 0 Å². The predicted octanol–water partition coefficient (Wildman–Crippen LogP) is 3.71. The van der Waals surface area contributed by atoms with Crippen LogP contribution in [0.1, 0.15) is 18.4 Å². The van der Waals surface area contributed by atoms with Crippen LogP contribution in [-0.4, -0.2) is 18.0 Å². The number of amides is 2. The van der Waals surface area contributed by atoms with Gasteiger partial charge in [-0.25, -0.2) is 5.43 Å². The lowest BCUT2D eigenvalue weighted by Gasteiger charge is -2.08. The fourth-order valence-corrected chi connectivity index (χ4v) is 2.55. The number of nitrogens with one attached hydrogen (secondary N) is 2. The van der Waals surface area contributed by atoms with Gasteiger partial charge in [-0.3, -0.25) is 9.59 Å². The van der Waals surface area contributed by atoms with Gasteiger partial charge in [-0.15, -0.1) is 0 Å². The average molecular weight is 345 g/mol. The van der Waals surface area contributed by atoms with Gasteiger partial charge in [0, 0.05) is 23.9 Å². The van der Waals surface area contributed by atoms with Gasteiger partial charge in [-0.05, 0) is 17.0 Å². The minimum Gasteiger partial charge on any atom is -0.326 e. The summed E-state index contributed by atoms with van der Waals surface area (Å²) in [6.07, 6.45) is 1.73. The number of nitrogens with zero attached hydrogens (tertiary/aromatic N) is 1. The van der Waals surface area contributed by atoms with Crippen LogP contribution in [0.25, 0.3) is 10.8 Å². The lowest BCUT2D eigenvalue weighted by atomic mass is 10.1. The Kier molecular flexibility index (Phi) is 5.72. The molecule has 2 amide bonds. The number of carbonyl (C=O) groups is 2. The van der Waals surface area contributed by atoms with Crippen molar-refractivity contribution in [1.29, 1.82) is 0 Å². The van der Waals surface area contributed by atoms with Crippen LogP contribution in [-0.2, 0) is 9.59 Å². The molecule has 0 aliphatic rings. The van der Waals surface area contributed by atoms with Crippen LogP contribution in [0.4, 0.5) is 5.69 Å². The molecule has 0 bridgehead atoms. The molecule has 130 valence electrons. The molecule has 0 heterocycles. The highest BCUT2D eigenvalue weighted by molar-refractivity contribution is 6.02. The molecule has 3 aromatic carbocycles. The van der Waals surface area contributed by atoms with E-state index in [1.165, 1.54) is 0 Å². The van der Waals surface area contributed by atoms with Crippen LogP contribution in [0.5, 0.6) is 0 Å². The summed E-state index contributed by atoms with van der Waals surface area (Å²) in [4.78, 5) is 23.9. The Hall–Kier alpha value is -3.47. The van der Waals surface area contributed by atoms with E-state index >= 15 is 0 Å². The fraction of sp³-hybridized carbons (Fsp3) is 0.0952. The lowest BCUT2D eigenvalue weighted by molar-refractivity contribution is -0.124. The number of hydrogen-bond donors (Lipinski definition) is 2. The zero-order valence-electron chi connectivity index (χ0n) is 14.2. The molecule has 3 rings (SSSR count). The molecule has 0 aromatic heterocycles. The Bertz CT molecular complexity index is 931. The van der Waals surface area contributed by atoms with Gasteiger partial charge in [0.15, 0.2) is 0 Å². The molecule has 0 aliphatic heterocycles. The fourth-order valence-electron chi connectivity index (χ4n) is 2.55. The topological polar surface area (TPSA) is 70.6 Å². The smallest absolute Gasteiger partial charge is 0.240 e. The van der Waals surface area contributed by atoms with Crippen molar-refractivity contribution in [2.75, 3.05) is 5.32 Å². The second kappa shape index (κ2) is 8.58. The molecule has 0 fully saturated rings. The van der Waals surface area contributed by atoms with Gasteiger partial charge in [0.25, 0.3) is 0 Å². The number of benzene rings is 3. The minimum absolute atomic E-state index is 0.0722. The quantitative estimate of drug-likeness (QED) is 0.528. The number of anilines is 1. The number of hydrazone groups is 1. The summed E-state index contributed by atoms with van der Waals surface area (Å²) in [5, 5.41) is 8.78. The first kappa shape index (κ1) is 17.4. The molecular formula is C21H19N3O2. The summed E-state index contributed by atoms with van der Waals surface area (Å²) in [6.45, 7) is 0. The molecule has 2 N–H and O–H groups in total. The van der Waals surface area contributed by atoms with Crippen molar-refractivity contribution in [2.24, 2.45) is 5.10 Å². The number of fused-ring (bicyclic) bond motifs is 1. The molecule has 3 aromatic rings. The van der Waals surface area contributed by atoms with E-state index < -0.39 is 0 Å². The number of hydrogen-bond acceptors (Lipinski definition) is 3. The summed E-state index contributed by atoms with van der Waals surface area (Å²) in [6, 6.07) is 23.0. The molecule has 0 spiro atoms. The van der Waals surface area contributed by atoms with E-state index in [9.17, 15) is 9.59 Å². The maximum atomic E-state index is 12.1. The number of rotatable bonds is 6. The molecular weight excluding hydrogens is 326 g/mol. The molecule has 0 saturated heterocycles. The van der Waals surface area contributed by atoms with Crippen LogP contribution in [0.15, 0.2) is 77.9 Å². The zero-order chi connectivity index (χ0) is 18.2. The van der Waals surface area contributed by atoms with E-state index in [0.717, 1.165) is 22.0 Å². The molecule has 0 aliphatic carbocycles. The molecule has 0 radical (unpaired) electrons. The summed E-state index contributed by atoms with van der Waals surface area (Å²) >= 11 is 0. The molecule has 5 nitrogen and oxygen atoms in total. The largest absolute Gasteiger partial charge is 0.326 e. The van der Waals surface area contributed by atoms with Gasteiger partial charge < -0.3 is 5.32 Å². The number of carbonyl (C=O) groups excluding carboxylic acids is 2. The monoisotopic (exact) mass is 345 g/mol. The van der Waals surface area contributed by atoms with Gasteiger partial charge in [0.2, 0.25) is 11.8 Å². The van der Waals surface area contributed by atoms with Crippen molar-refractivity contribution in [3.8, 4) is 0 Å². The van der Waals surface area contributed by atoms with Crippen LogP contribution < -0.4 is 10.7 Å². The van der Waals surface area contributed by atoms with Gasteiger partial charge in [-0.1, -0.05) is 66.7 Å². The lowest BCUT2D eigenvalue weighted by Crippen LogP contribution is -2.20. The van der Waals surface area contributed by atoms with Gasteiger partial charge in [0.05, 0.1) is 6.21 Å². The van der Waals surface area contributed by atoms with Gasteiger partial charge in [-0.2, -0.15) is 5.10 Å². The highest BCUT2D eigenvalue weighted by atomic mass is 16.2. The van der Waals surface area contributed by atoms with Crippen molar-refractivity contribution in [1.82, 2.24) is 5.43 Å². The maximum Gasteiger partial charge on any atom is 0.240 e. The third-order valence-corrected chi connectivity index (χ3v) is 3.85. The normalized spacial score (nSPS) is 10.8. The Balaban J connectivity index is 1.49. The Morgan fingerprint density at radius 3 is 2.35 bits per heavy atom. The Morgan fingerprint density at radius 1 is 0.808 bits per heavy atom. The van der Waals surface area contributed by atoms with Crippen molar-refractivity contribution < 1.29 is 9.59 Å². The van der Waals surface area contributed by atoms with E-state index in [1.54, 1.807) is 6.21 Å². The van der Waals surface area contributed by atoms with Crippen molar-refractivity contribution in [2.45, 2.75) is 12.8 Å². The Morgan fingerprint density at radius 2 is 1.50 bits per heavy atom.